The molecule has 0 aromatic heterocycles. The molecule has 0 aromatic rings. The van der Waals surface area contributed by atoms with Gasteiger partial charge in [0.1, 0.15) is 30.5 Å². The van der Waals surface area contributed by atoms with E-state index in [-0.39, 0.29) is 6.61 Å². The lowest BCUT2D eigenvalue weighted by atomic mass is 9.99. The number of carbonyl (C=O) groups is 1. The summed E-state index contributed by atoms with van der Waals surface area (Å²) in [6, 6.07) is -0.997. The number of aliphatic hydroxyl groups excluding tert-OH is 6. The summed E-state index contributed by atoms with van der Waals surface area (Å²) in [5, 5.41) is 64.9. The van der Waals surface area contributed by atoms with Crippen molar-refractivity contribution < 1.29 is 44.9 Å². The van der Waals surface area contributed by atoms with Crippen molar-refractivity contribution in [1.82, 2.24) is 5.32 Å². The first-order valence-corrected chi connectivity index (χ1v) is 30.0. The van der Waals surface area contributed by atoms with Crippen molar-refractivity contribution in [3.8, 4) is 0 Å². The van der Waals surface area contributed by atoms with Crippen molar-refractivity contribution in [3.63, 3.8) is 0 Å². The summed E-state index contributed by atoms with van der Waals surface area (Å²) >= 11 is 0. The molecule has 1 heterocycles. The van der Waals surface area contributed by atoms with E-state index in [0.29, 0.717) is 19.3 Å². The predicted molar refractivity (Wildman–Crippen MR) is 296 cm³/mol. The molecule has 0 aliphatic carbocycles. The minimum Gasteiger partial charge on any atom is -0.394 e. The summed E-state index contributed by atoms with van der Waals surface area (Å²) in [5.74, 6) is -0.626. The normalized spacial score (nSPS) is 20.0. The zero-order chi connectivity index (χ0) is 51.7. The first kappa shape index (κ1) is 67.1. The highest BCUT2D eigenvalue weighted by molar-refractivity contribution is 5.80. The minimum atomic E-state index is -1.62. The second-order valence-electron chi connectivity index (χ2n) is 20.9. The first-order valence-electron chi connectivity index (χ1n) is 30.0. The summed E-state index contributed by atoms with van der Waals surface area (Å²) in [5.41, 5.74) is 0. The van der Waals surface area contributed by atoms with Crippen LogP contribution in [0.3, 0.4) is 0 Å². The van der Waals surface area contributed by atoms with Gasteiger partial charge in [0.25, 0.3) is 0 Å². The van der Waals surface area contributed by atoms with E-state index in [2.05, 4.69) is 55.6 Å². The van der Waals surface area contributed by atoms with E-state index >= 15 is 0 Å². The highest BCUT2D eigenvalue weighted by Crippen LogP contribution is 2.23. The van der Waals surface area contributed by atoms with Crippen LogP contribution in [-0.4, -0.2) is 98.7 Å². The zero-order valence-electron chi connectivity index (χ0n) is 45.8. The van der Waals surface area contributed by atoms with Gasteiger partial charge >= 0.3 is 0 Å². The van der Waals surface area contributed by atoms with Crippen LogP contribution in [0.1, 0.15) is 271 Å². The van der Waals surface area contributed by atoms with Crippen LogP contribution >= 0.6 is 0 Å². The molecule has 1 saturated heterocycles. The Morgan fingerprint density at radius 3 is 1.31 bits per heavy atom. The number of amides is 1. The third kappa shape index (κ3) is 39.2. The molecule has 0 aromatic carbocycles. The van der Waals surface area contributed by atoms with Gasteiger partial charge in [-0.25, -0.2) is 0 Å². The van der Waals surface area contributed by atoms with Gasteiger partial charge in [-0.2, -0.15) is 0 Å². The average molecular weight is 1000 g/mol. The number of aliphatic hydroxyl groups is 6. The Morgan fingerprint density at radius 1 is 0.493 bits per heavy atom. The van der Waals surface area contributed by atoms with Crippen molar-refractivity contribution in [2.24, 2.45) is 0 Å². The quantitative estimate of drug-likeness (QED) is 0.0232. The van der Waals surface area contributed by atoms with Gasteiger partial charge in [0, 0.05) is 0 Å². The molecule has 0 radical (unpaired) electrons. The van der Waals surface area contributed by atoms with Crippen molar-refractivity contribution in [2.75, 3.05) is 13.2 Å². The lowest BCUT2D eigenvalue weighted by molar-refractivity contribution is -0.302. The van der Waals surface area contributed by atoms with Gasteiger partial charge in [0.15, 0.2) is 6.29 Å². The van der Waals surface area contributed by atoms with Crippen LogP contribution in [0.4, 0.5) is 0 Å². The van der Waals surface area contributed by atoms with Crippen LogP contribution in [0.15, 0.2) is 48.6 Å². The van der Waals surface area contributed by atoms with E-state index in [1.807, 2.05) is 6.08 Å². The van der Waals surface area contributed by atoms with E-state index in [9.17, 15) is 35.4 Å². The van der Waals surface area contributed by atoms with E-state index in [0.717, 1.165) is 38.5 Å². The fourth-order valence-electron chi connectivity index (χ4n) is 9.39. The average Bonchev–Trinajstić information content (AvgIpc) is 3.37. The Hall–Kier alpha value is -1.89. The molecule has 10 nitrogen and oxygen atoms in total. The van der Waals surface area contributed by atoms with E-state index in [1.54, 1.807) is 6.08 Å². The van der Waals surface area contributed by atoms with Crippen LogP contribution < -0.4 is 5.32 Å². The number of unbranched alkanes of at least 4 members (excludes halogenated alkanes) is 34. The standard InChI is InChI=1S/C61H113NO9/c1-3-5-7-9-11-13-15-17-18-19-20-21-22-23-24-25-26-27-28-29-30-31-32-33-34-35-36-37-38-40-42-44-46-48-50-55(65)60(69)62-53(52-70-61-59(68)58(67)57(66)56(51-63)71-61)54(64)49-47-45-43-41-39-16-14-12-10-8-6-4-2/h22-23,25-26,39,41,47,49,53-59,61,63-68H,3-21,24,27-38,40,42-46,48,50-52H2,1-2H3,(H,62,69)/b23-22-,26-25-,41-39+,49-47+. The third-order valence-corrected chi connectivity index (χ3v) is 14.2. The molecule has 8 atom stereocenters. The Balaban J connectivity index is 2.13. The molecular formula is C61H113NO9. The maximum absolute atomic E-state index is 13.1. The highest BCUT2D eigenvalue weighted by atomic mass is 16.7. The number of rotatable bonds is 51. The molecule has 10 heteroatoms. The van der Waals surface area contributed by atoms with Gasteiger partial charge in [-0.05, 0) is 64.2 Å². The summed E-state index contributed by atoms with van der Waals surface area (Å²) in [7, 11) is 0. The summed E-state index contributed by atoms with van der Waals surface area (Å²) < 4.78 is 11.2. The molecule has 1 aliphatic heterocycles. The molecule has 8 unspecified atom stereocenters. The number of ether oxygens (including phenoxy) is 2. The van der Waals surface area contributed by atoms with Gasteiger partial charge in [-0.15, -0.1) is 0 Å². The van der Waals surface area contributed by atoms with Crippen LogP contribution in [0.25, 0.3) is 0 Å². The Kier molecular flexibility index (Phi) is 47.5. The Bertz CT molecular complexity index is 1270. The van der Waals surface area contributed by atoms with Crippen LogP contribution in [0.2, 0.25) is 0 Å². The van der Waals surface area contributed by atoms with Gasteiger partial charge in [-0.1, -0.05) is 255 Å². The fraction of sp³-hybridized carbons (Fsp3) is 0.852. The molecule has 7 N–H and O–H groups in total. The smallest absolute Gasteiger partial charge is 0.249 e. The predicted octanol–water partition coefficient (Wildman–Crippen LogP) is 13.9. The van der Waals surface area contributed by atoms with Gasteiger partial charge < -0.3 is 45.4 Å². The number of carbonyl (C=O) groups excluding carboxylic acids is 1. The van der Waals surface area contributed by atoms with Gasteiger partial charge in [0.2, 0.25) is 5.91 Å². The maximum Gasteiger partial charge on any atom is 0.249 e. The lowest BCUT2D eigenvalue weighted by Crippen LogP contribution is -2.60. The van der Waals surface area contributed by atoms with E-state index in [4.69, 9.17) is 9.47 Å². The van der Waals surface area contributed by atoms with Crippen LogP contribution in [-0.2, 0) is 14.3 Å². The molecular weight excluding hydrogens is 891 g/mol. The molecule has 1 aliphatic rings. The zero-order valence-corrected chi connectivity index (χ0v) is 45.8. The van der Waals surface area contributed by atoms with Crippen molar-refractivity contribution >= 4 is 5.91 Å². The van der Waals surface area contributed by atoms with Crippen molar-refractivity contribution in [3.05, 3.63) is 48.6 Å². The summed E-state index contributed by atoms with van der Waals surface area (Å²) in [4.78, 5) is 13.1. The van der Waals surface area contributed by atoms with Crippen molar-refractivity contribution in [2.45, 2.75) is 320 Å². The van der Waals surface area contributed by atoms with Crippen LogP contribution in [0, 0.1) is 0 Å². The molecule has 0 spiro atoms. The molecule has 0 bridgehead atoms. The highest BCUT2D eigenvalue weighted by Gasteiger charge is 2.44. The van der Waals surface area contributed by atoms with Gasteiger partial charge in [-0.3, -0.25) is 4.79 Å². The third-order valence-electron chi connectivity index (χ3n) is 14.2. The molecule has 0 saturated carbocycles. The minimum absolute atomic E-state index is 0.304. The molecule has 1 rings (SSSR count). The monoisotopic (exact) mass is 1000 g/mol. The Labute approximate surface area is 436 Å². The molecule has 1 fully saturated rings. The van der Waals surface area contributed by atoms with E-state index < -0.39 is 61.5 Å². The van der Waals surface area contributed by atoms with E-state index in [1.165, 1.54) is 199 Å². The SMILES string of the molecule is CCCCCCCC/C=C/CC/C=C/C(O)C(COC1OC(CO)C(O)C(O)C1O)NC(=O)C(O)CCCCCCCCCCCCCCCCCC/C=C\C/C=C\CCCCCCCCCCCCC. The Morgan fingerprint density at radius 2 is 0.873 bits per heavy atom. The topological polar surface area (TPSA) is 169 Å². The molecule has 416 valence electrons. The fourth-order valence-corrected chi connectivity index (χ4v) is 9.39. The first-order chi connectivity index (χ1) is 34.8. The number of allylic oxidation sites excluding steroid dienone is 7. The number of nitrogens with one attached hydrogen (secondary N) is 1. The largest absolute Gasteiger partial charge is 0.394 e. The van der Waals surface area contributed by atoms with Crippen LogP contribution in [0.5, 0.6) is 0 Å². The summed E-state index contributed by atoms with van der Waals surface area (Å²) in [6.45, 7) is 3.59. The molecule has 1 amide bonds. The van der Waals surface area contributed by atoms with Gasteiger partial charge in [0.05, 0.1) is 25.4 Å². The maximum atomic E-state index is 13.1. The molecule has 71 heavy (non-hydrogen) atoms. The second-order valence-corrected chi connectivity index (χ2v) is 20.9. The number of hydrogen-bond donors (Lipinski definition) is 7. The summed E-state index contributed by atoms with van der Waals surface area (Å²) in [6.07, 6.45) is 56.8. The lowest BCUT2D eigenvalue weighted by Gasteiger charge is -2.40. The van der Waals surface area contributed by atoms with Crippen molar-refractivity contribution in [1.29, 1.82) is 0 Å². The number of hydrogen-bond acceptors (Lipinski definition) is 9. The second kappa shape index (κ2) is 50.3.